The van der Waals surface area contributed by atoms with Gasteiger partial charge < -0.3 is 5.11 Å². The van der Waals surface area contributed by atoms with Crippen LogP contribution < -0.4 is 0 Å². The standard InChI is InChI=1S/C21H30F2O3/c1-3-4-9-13-21(22,23)14-12-17-16(2)15-19(24)18(17)10-7-5-6-8-11-20(25)26/h5,7,12,14-15,17-18H,3-4,6,8-11,13H2,1-2H3,(H,25,26)/t17-,18+/m0/s1. The SMILES string of the molecule is CCCCCC(F)(F)C=C[C@H]1C(C)=CC(=O)[C@@H]1CC=CCCCC(=O)O. The molecule has 1 aliphatic rings. The Bertz CT molecular complexity index is 562. The highest BCUT2D eigenvalue weighted by molar-refractivity contribution is 5.96. The van der Waals surface area contributed by atoms with E-state index in [2.05, 4.69) is 0 Å². The number of halogens is 2. The molecule has 0 aromatic carbocycles. The molecule has 26 heavy (non-hydrogen) atoms. The lowest BCUT2D eigenvalue weighted by Crippen LogP contribution is -2.17. The number of aliphatic carboxylic acids is 1. The summed E-state index contributed by atoms with van der Waals surface area (Å²) in [4.78, 5) is 22.6. The van der Waals surface area contributed by atoms with Gasteiger partial charge in [0.2, 0.25) is 0 Å². The maximum absolute atomic E-state index is 14.0. The molecule has 5 heteroatoms. The van der Waals surface area contributed by atoms with Crippen molar-refractivity contribution >= 4 is 11.8 Å². The maximum Gasteiger partial charge on any atom is 0.303 e. The van der Waals surface area contributed by atoms with Gasteiger partial charge in [0, 0.05) is 24.7 Å². The summed E-state index contributed by atoms with van der Waals surface area (Å²) in [5.74, 6) is -4.31. The molecule has 0 aromatic rings. The quantitative estimate of drug-likeness (QED) is 0.354. The van der Waals surface area contributed by atoms with Gasteiger partial charge >= 0.3 is 5.97 Å². The smallest absolute Gasteiger partial charge is 0.303 e. The van der Waals surface area contributed by atoms with Crippen LogP contribution in [-0.2, 0) is 9.59 Å². The van der Waals surface area contributed by atoms with Crippen molar-refractivity contribution in [3.8, 4) is 0 Å². The monoisotopic (exact) mass is 368 g/mol. The molecule has 0 amide bonds. The number of carbonyl (C=O) groups excluding carboxylic acids is 1. The lowest BCUT2D eigenvalue weighted by molar-refractivity contribution is -0.137. The minimum absolute atomic E-state index is 0.0263. The number of carboxylic acid groups (broad SMARTS) is 1. The van der Waals surface area contributed by atoms with Crippen molar-refractivity contribution in [1.29, 1.82) is 0 Å². The fourth-order valence-corrected chi connectivity index (χ4v) is 3.14. The average molecular weight is 368 g/mol. The Morgan fingerprint density at radius 1 is 1.27 bits per heavy atom. The largest absolute Gasteiger partial charge is 0.481 e. The highest BCUT2D eigenvalue weighted by Gasteiger charge is 2.33. The second-order valence-electron chi connectivity index (χ2n) is 6.99. The van der Waals surface area contributed by atoms with Crippen LogP contribution >= 0.6 is 0 Å². The van der Waals surface area contributed by atoms with Gasteiger partial charge in [0.1, 0.15) is 0 Å². The molecule has 0 spiro atoms. The highest BCUT2D eigenvalue weighted by atomic mass is 19.3. The summed E-state index contributed by atoms with van der Waals surface area (Å²) in [7, 11) is 0. The van der Waals surface area contributed by atoms with E-state index in [0.29, 0.717) is 25.7 Å². The fourth-order valence-electron chi connectivity index (χ4n) is 3.14. The van der Waals surface area contributed by atoms with Gasteiger partial charge in [0.15, 0.2) is 5.78 Å². The topological polar surface area (TPSA) is 54.4 Å². The van der Waals surface area contributed by atoms with E-state index in [-0.39, 0.29) is 30.5 Å². The molecule has 0 saturated carbocycles. The number of alkyl halides is 2. The Morgan fingerprint density at radius 3 is 2.65 bits per heavy atom. The van der Waals surface area contributed by atoms with Gasteiger partial charge in [-0.05, 0) is 44.8 Å². The number of hydrogen-bond donors (Lipinski definition) is 1. The van der Waals surface area contributed by atoms with Crippen LogP contribution in [0, 0.1) is 11.8 Å². The molecule has 0 radical (unpaired) electrons. The third kappa shape index (κ3) is 8.07. The van der Waals surface area contributed by atoms with E-state index < -0.39 is 11.9 Å². The Morgan fingerprint density at radius 2 is 2.00 bits per heavy atom. The zero-order valence-electron chi connectivity index (χ0n) is 15.7. The third-order valence-electron chi connectivity index (χ3n) is 4.67. The van der Waals surface area contributed by atoms with Crippen molar-refractivity contribution < 1.29 is 23.5 Å². The van der Waals surface area contributed by atoms with Gasteiger partial charge in [0.25, 0.3) is 5.92 Å². The van der Waals surface area contributed by atoms with E-state index in [0.717, 1.165) is 24.5 Å². The van der Waals surface area contributed by atoms with Crippen molar-refractivity contribution in [3.05, 3.63) is 36.0 Å². The molecule has 0 unspecified atom stereocenters. The van der Waals surface area contributed by atoms with E-state index in [9.17, 15) is 18.4 Å². The van der Waals surface area contributed by atoms with E-state index in [1.165, 1.54) is 6.08 Å². The van der Waals surface area contributed by atoms with Crippen molar-refractivity contribution in [2.75, 3.05) is 0 Å². The second-order valence-corrected chi connectivity index (χ2v) is 6.99. The van der Waals surface area contributed by atoms with Gasteiger partial charge in [-0.2, -0.15) is 0 Å². The molecule has 0 saturated heterocycles. The zero-order valence-corrected chi connectivity index (χ0v) is 15.7. The minimum atomic E-state index is -2.84. The Hall–Kier alpha value is -1.78. The summed E-state index contributed by atoms with van der Waals surface area (Å²) in [6, 6.07) is 0. The van der Waals surface area contributed by atoms with Crippen molar-refractivity contribution in [3.63, 3.8) is 0 Å². The summed E-state index contributed by atoms with van der Waals surface area (Å²) in [6.45, 7) is 3.78. The molecule has 0 bridgehead atoms. The van der Waals surface area contributed by atoms with Crippen LogP contribution in [0.5, 0.6) is 0 Å². The molecule has 1 aliphatic carbocycles. The van der Waals surface area contributed by atoms with Crippen LogP contribution in [0.2, 0.25) is 0 Å². The summed E-state index contributed by atoms with van der Waals surface area (Å²) in [5, 5.41) is 8.59. The highest BCUT2D eigenvalue weighted by Crippen LogP contribution is 2.34. The van der Waals surface area contributed by atoms with Gasteiger partial charge in [-0.25, -0.2) is 8.78 Å². The first kappa shape index (κ1) is 22.3. The number of carbonyl (C=O) groups is 2. The number of allylic oxidation sites excluding steroid dienone is 6. The van der Waals surface area contributed by atoms with Crippen LogP contribution in [0.3, 0.4) is 0 Å². The third-order valence-corrected chi connectivity index (χ3v) is 4.67. The van der Waals surface area contributed by atoms with Gasteiger partial charge in [-0.3, -0.25) is 9.59 Å². The maximum atomic E-state index is 14.0. The Labute approximate surface area is 154 Å². The van der Waals surface area contributed by atoms with Crippen molar-refractivity contribution in [2.45, 2.75) is 71.1 Å². The first-order chi connectivity index (χ1) is 12.3. The van der Waals surface area contributed by atoms with Crippen LogP contribution in [0.1, 0.15) is 65.2 Å². The number of rotatable bonds is 12. The first-order valence-corrected chi connectivity index (χ1v) is 9.43. The molecule has 0 aliphatic heterocycles. The number of carboxylic acids is 1. The van der Waals surface area contributed by atoms with Crippen LogP contribution in [0.25, 0.3) is 0 Å². The van der Waals surface area contributed by atoms with Crippen LogP contribution in [0.15, 0.2) is 36.0 Å². The molecular formula is C21H30F2O3. The Balaban J connectivity index is 2.59. The molecule has 3 nitrogen and oxygen atoms in total. The molecule has 0 heterocycles. The first-order valence-electron chi connectivity index (χ1n) is 9.43. The predicted octanol–water partition coefficient (Wildman–Crippen LogP) is 5.72. The Kier molecular flexibility index (Phi) is 9.46. The molecular weight excluding hydrogens is 338 g/mol. The molecule has 1 rings (SSSR count). The predicted molar refractivity (Wildman–Crippen MR) is 99.2 cm³/mol. The molecule has 0 fully saturated rings. The van der Waals surface area contributed by atoms with Gasteiger partial charge in [-0.15, -0.1) is 0 Å². The summed E-state index contributed by atoms with van der Waals surface area (Å²) < 4.78 is 27.9. The van der Waals surface area contributed by atoms with E-state index in [4.69, 9.17) is 5.11 Å². The van der Waals surface area contributed by atoms with E-state index >= 15 is 0 Å². The molecule has 1 N–H and O–H groups in total. The van der Waals surface area contributed by atoms with E-state index in [1.54, 1.807) is 13.0 Å². The second kappa shape index (κ2) is 11.0. The van der Waals surface area contributed by atoms with Crippen molar-refractivity contribution in [2.24, 2.45) is 11.8 Å². The number of ketones is 1. The minimum Gasteiger partial charge on any atom is -0.481 e. The summed E-state index contributed by atoms with van der Waals surface area (Å²) >= 11 is 0. The molecule has 146 valence electrons. The normalized spacial score (nSPS) is 21.1. The molecule has 0 aromatic heterocycles. The van der Waals surface area contributed by atoms with Gasteiger partial charge in [0.05, 0.1) is 0 Å². The van der Waals surface area contributed by atoms with Crippen molar-refractivity contribution in [1.82, 2.24) is 0 Å². The van der Waals surface area contributed by atoms with Gasteiger partial charge in [-0.1, -0.05) is 43.6 Å². The zero-order chi connectivity index (χ0) is 19.6. The number of hydrogen-bond acceptors (Lipinski definition) is 2. The average Bonchev–Trinajstić information content (AvgIpc) is 2.82. The van der Waals surface area contributed by atoms with E-state index in [1.807, 2.05) is 19.1 Å². The summed E-state index contributed by atoms with van der Waals surface area (Å²) in [5.41, 5.74) is 0.819. The van der Waals surface area contributed by atoms with Crippen LogP contribution in [-0.4, -0.2) is 22.8 Å². The lowest BCUT2D eigenvalue weighted by Gasteiger charge is -2.17. The van der Waals surface area contributed by atoms with Crippen LogP contribution in [0.4, 0.5) is 8.78 Å². The number of unbranched alkanes of at least 4 members (excludes halogenated alkanes) is 3. The fraction of sp³-hybridized carbons (Fsp3) is 0.619. The lowest BCUT2D eigenvalue weighted by atomic mass is 9.87. The molecule has 2 atom stereocenters. The summed E-state index contributed by atoms with van der Waals surface area (Å²) in [6.07, 6.45) is 11.5.